The summed E-state index contributed by atoms with van der Waals surface area (Å²) in [7, 11) is -3.89. The number of halogens is 1. The van der Waals surface area contributed by atoms with Crippen LogP contribution in [-0.2, 0) is 4.57 Å². The first-order valence-electron chi connectivity index (χ1n) is 7.07. The zero-order chi connectivity index (χ0) is 16.0. The molecule has 0 aromatic heterocycles. The number of hydrogen-bond acceptors (Lipinski definition) is 4. The summed E-state index contributed by atoms with van der Waals surface area (Å²) < 4.78 is 29.6. The largest absolute Gasteiger partial charge is 0.647 e. The predicted molar refractivity (Wildman–Crippen MR) is 96.1 cm³/mol. The molecule has 3 rings (SSSR count). The van der Waals surface area contributed by atoms with Gasteiger partial charge in [0.25, 0.3) is 0 Å². The van der Waals surface area contributed by atoms with Crippen molar-refractivity contribution in [2.24, 2.45) is 0 Å². The summed E-state index contributed by atoms with van der Waals surface area (Å²) in [5.74, 6) is 1.22. The fraction of sp³-hybridized carbons (Fsp3) is 0. The lowest BCUT2D eigenvalue weighted by Gasteiger charge is -2.19. The Morgan fingerprint density at radius 2 is 0.750 bits per heavy atom. The van der Waals surface area contributed by atoms with Gasteiger partial charge in [0.1, 0.15) is 17.2 Å². The highest BCUT2D eigenvalue weighted by atomic mass is 35.5. The van der Waals surface area contributed by atoms with Gasteiger partial charge in [-0.1, -0.05) is 54.6 Å². The Balaban J connectivity index is 0.00000208. The number of phosphoric ester groups is 1. The molecule has 4 nitrogen and oxygen atoms in total. The van der Waals surface area contributed by atoms with Crippen LogP contribution < -0.4 is 13.6 Å². The minimum absolute atomic E-state index is 0. The molecule has 0 fully saturated rings. The van der Waals surface area contributed by atoms with Crippen LogP contribution >= 0.6 is 20.2 Å². The van der Waals surface area contributed by atoms with Gasteiger partial charge >= 0.3 is 7.82 Å². The molecule has 0 aliphatic rings. The number of hydrogen-bond donors (Lipinski definition) is 0. The monoisotopic (exact) mass is 362 g/mol. The van der Waals surface area contributed by atoms with Gasteiger partial charge in [0.2, 0.25) is 0 Å². The summed E-state index contributed by atoms with van der Waals surface area (Å²) >= 11 is 0. The molecule has 0 amide bonds. The van der Waals surface area contributed by atoms with Gasteiger partial charge in [-0.2, -0.15) is 4.57 Å². The van der Waals surface area contributed by atoms with Crippen LogP contribution in [0.1, 0.15) is 0 Å². The minimum atomic E-state index is -3.89. The zero-order valence-electron chi connectivity index (χ0n) is 12.6. The normalized spacial score (nSPS) is 10.3. The lowest BCUT2D eigenvalue weighted by Crippen LogP contribution is -2.07. The van der Waals surface area contributed by atoms with Gasteiger partial charge in [-0.05, 0) is 36.4 Å². The smallest absolute Gasteiger partial charge is 0.386 e. The van der Waals surface area contributed by atoms with E-state index >= 15 is 0 Å². The average Bonchev–Trinajstić information content (AvgIpc) is 2.57. The van der Waals surface area contributed by atoms with E-state index in [0.29, 0.717) is 17.2 Å². The van der Waals surface area contributed by atoms with Crippen molar-refractivity contribution in [2.45, 2.75) is 0 Å². The fourth-order valence-corrected chi connectivity index (χ4v) is 3.14. The molecule has 24 heavy (non-hydrogen) atoms. The summed E-state index contributed by atoms with van der Waals surface area (Å²) in [5, 5.41) is 0. The van der Waals surface area contributed by atoms with Crippen LogP contribution in [0.5, 0.6) is 17.2 Å². The van der Waals surface area contributed by atoms with Gasteiger partial charge in [-0.3, -0.25) is 0 Å². The van der Waals surface area contributed by atoms with E-state index in [2.05, 4.69) is 0 Å². The molecule has 6 heteroatoms. The third kappa shape index (κ3) is 5.05. The van der Waals surface area contributed by atoms with Crippen molar-refractivity contribution in [1.82, 2.24) is 0 Å². The first-order chi connectivity index (χ1) is 11.2. The van der Waals surface area contributed by atoms with Crippen LogP contribution in [0, 0.1) is 0 Å². The van der Waals surface area contributed by atoms with Crippen LogP contribution in [0.25, 0.3) is 0 Å². The SMILES string of the molecule is Cl.O=P(Oc1ccccc1)(Oc1ccccc1)Oc1ccccc1. The van der Waals surface area contributed by atoms with E-state index < -0.39 is 7.82 Å². The van der Waals surface area contributed by atoms with E-state index in [1.54, 1.807) is 72.8 Å². The molecule has 0 aliphatic carbocycles. The predicted octanol–water partition coefficient (Wildman–Crippen LogP) is 5.75. The number of phosphoric acid groups is 1. The number of benzene rings is 3. The molecule has 0 atom stereocenters. The van der Waals surface area contributed by atoms with E-state index in [9.17, 15) is 4.57 Å². The summed E-state index contributed by atoms with van der Waals surface area (Å²) in [6.45, 7) is 0. The van der Waals surface area contributed by atoms with Gasteiger partial charge in [0.05, 0.1) is 0 Å². The molecule has 124 valence electrons. The highest BCUT2D eigenvalue weighted by molar-refractivity contribution is 7.49. The number of para-hydroxylation sites is 3. The lowest BCUT2D eigenvalue weighted by atomic mass is 10.3. The maximum absolute atomic E-state index is 13.1. The quantitative estimate of drug-likeness (QED) is 0.523. The average molecular weight is 363 g/mol. The van der Waals surface area contributed by atoms with Crippen molar-refractivity contribution in [1.29, 1.82) is 0 Å². The topological polar surface area (TPSA) is 44.8 Å². The zero-order valence-corrected chi connectivity index (χ0v) is 14.4. The second-order valence-electron chi connectivity index (χ2n) is 4.66. The summed E-state index contributed by atoms with van der Waals surface area (Å²) in [5.41, 5.74) is 0. The Bertz CT molecular complexity index is 674. The molecule has 0 spiro atoms. The van der Waals surface area contributed by atoms with Crippen molar-refractivity contribution >= 4 is 20.2 Å². The van der Waals surface area contributed by atoms with Crippen molar-refractivity contribution in [3.63, 3.8) is 0 Å². The second kappa shape index (κ2) is 8.44. The molecular weight excluding hydrogens is 347 g/mol. The van der Waals surface area contributed by atoms with E-state index in [4.69, 9.17) is 13.6 Å². The van der Waals surface area contributed by atoms with Gasteiger partial charge < -0.3 is 13.6 Å². The van der Waals surface area contributed by atoms with Crippen molar-refractivity contribution in [3.05, 3.63) is 91.0 Å². The minimum Gasteiger partial charge on any atom is -0.386 e. The molecule has 3 aromatic rings. The first kappa shape index (κ1) is 17.9. The third-order valence-corrected chi connectivity index (χ3v) is 4.18. The van der Waals surface area contributed by atoms with Crippen molar-refractivity contribution < 1.29 is 18.1 Å². The molecule has 0 N–H and O–H groups in total. The highest BCUT2D eigenvalue weighted by Gasteiger charge is 2.33. The molecule has 0 radical (unpaired) electrons. The standard InChI is InChI=1S/C18H15O4P.ClH/c19-23(20-16-10-4-1-5-11-16,21-17-12-6-2-7-13-17)22-18-14-8-3-9-15-18;/h1-15H;1H. The molecular formula is C18H16ClO4P. The Labute approximate surface area is 147 Å². The van der Waals surface area contributed by atoms with Gasteiger partial charge in [-0.25, -0.2) is 0 Å². The lowest BCUT2D eigenvalue weighted by molar-refractivity contribution is 0.298. The molecule has 0 heterocycles. The molecule has 0 saturated carbocycles. The third-order valence-electron chi connectivity index (χ3n) is 2.88. The Morgan fingerprint density at radius 3 is 1.00 bits per heavy atom. The Morgan fingerprint density at radius 1 is 0.500 bits per heavy atom. The van der Waals surface area contributed by atoms with E-state index in [-0.39, 0.29) is 12.4 Å². The highest BCUT2D eigenvalue weighted by Crippen LogP contribution is 2.49. The molecule has 0 aliphatic heterocycles. The maximum Gasteiger partial charge on any atom is 0.647 e. The van der Waals surface area contributed by atoms with Gasteiger partial charge in [0.15, 0.2) is 0 Å². The van der Waals surface area contributed by atoms with Crippen LogP contribution in [-0.4, -0.2) is 0 Å². The Hall–Kier alpha value is -2.42. The van der Waals surface area contributed by atoms with Crippen LogP contribution in [0.2, 0.25) is 0 Å². The summed E-state index contributed by atoms with van der Waals surface area (Å²) in [6, 6.07) is 26.4. The van der Waals surface area contributed by atoms with E-state index in [0.717, 1.165) is 0 Å². The van der Waals surface area contributed by atoms with Crippen LogP contribution in [0.15, 0.2) is 91.0 Å². The Kier molecular flexibility index (Phi) is 6.30. The molecule has 3 aromatic carbocycles. The van der Waals surface area contributed by atoms with E-state index in [1.165, 1.54) is 0 Å². The van der Waals surface area contributed by atoms with Gasteiger partial charge in [0, 0.05) is 0 Å². The summed E-state index contributed by atoms with van der Waals surface area (Å²) in [6.07, 6.45) is 0. The fourth-order valence-electron chi connectivity index (χ4n) is 1.89. The summed E-state index contributed by atoms with van der Waals surface area (Å²) in [4.78, 5) is 0. The van der Waals surface area contributed by atoms with Crippen LogP contribution in [0.3, 0.4) is 0 Å². The first-order valence-corrected chi connectivity index (χ1v) is 8.54. The molecule has 0 bridgehead atoms. The van der Waals surface area contributed by atoms with Crippen molar-refractivity contribution in [3.8, 4) is 17.2 Å². The van der Waals surface area contributed by atoms with Gasteiger partial charge in [-0.15, -0.1) is 12.4 Å². The molecule has 0 unspecified atom stereocenters. The molecule has 0 saturated heterocycles. The second-order valence-corrected chi connectivity index (χ2v) is 6.10. The van der Waals surface area contributed by atoms with Crippen LogP contribution in [0.4, 0.5) is 0 Å². The van der Waals surface area contributed by atoms with E-state index in [1.807, 2.05) is 18.2 Å². The maximum atomic E-state index is 13.1. The van der Waals surface area contributed by atoms with Crippen molar-refractivity contribution in [2.75, 3.05) is 0 Å². The number of rotatable bonds is 6.